The molecule has 7 aliphatic rings. The quantitative estimate of drug-likeness (QED) is 0.132. The van der Waals surface area contributed by atoms with Gasteiger partial charge in [0.25, 0.3) is 5.91 Å². The first-order valence-electron chi connectivity index (χ1n) is 36.4. The first-order chi connectivity index (χ1) is 47.6. The Labute approximate surface area is 597 Å². The summed E-state index contributed by atoms with van der Waals surface area (Å²) in [4.78, 5) is 64.5. The number of hydrogen-bond donors (Lipinski definition) is 0. The number of carbonyl (C=O) groups is 2. The molecule has 7 aliphatic heterocycles. The van der Waals surface area contributed by atoms with Gasteiger partial charge in [-0.2, -0.15) is 0 Å². The van der Waals surface area contributed by atoms with Gasteiger partial charge in [-0.25, -0.2) is 4.98 Å². The summed E-state index contributed by atoms with van der Waals surface area (Å²) >= 11 is 0. The Morgan fingerprint density at radius 2 is 0.780 bits per heavy atom. The Bertz CT molecular complexity index is 4370. The molecule has 0 bridgehead atoms. The van der Waals surface area contributed by atoms with Crippen LogP contribution in [0.5, 0.6) is 0 Å². The fourth-order valence-electron chi connectivity index (χ4n) is 12.7. The van der Waals surface area contributed by atoms with E-state index >= 15 is 0 Å². The molecule has 524 valence electrons. The van der Waals surface area contributed by atoms with Crippen molar-refractivity contribution >= 4 is 91.1 Å². The lowest BCUT2D eigenvalue weighted by atomic mass is 10.0. The summed E-state index contributed by atoms with van der Waals surface area (Å²) in [5.41, 5.74) is 29.8. The van der Waals surface area contributed by atoms with Crippen LogP contribution in [0.2, 0.25) is 0 Å². The molecule has 9 heterocycles. The summed E-state index contributed by atoms with van der Waals surface area (Å²) in [5.74, 6) is 5.14. The number of likely N-dealkylation sites (N-methyl/N-ethyl adjacent to an activating group) is 1. The van der Waals surface area contributed by atoms with E-state index in [0.29, 0.717) is 41.4 Å². The van der Waals surface area contributed by atoms with Crippen molar-refractivity contribution in [2.24, 2.45) is 72.5 Å². The molecule has 1 amide bonds. The van der Waals surface area contributed by atoms with Gasteiger partial charge in [0.05, 0.1) is 50.9 Å². The highest BCUT2D eigenvalue weighted by atomic mass is 16.2. The van der Waals surface area contributed by atoms with Crippen LogP contribution in [0, 0.1) is 56.3 Å². The number of ketones is 1. The predicted molar refractivity (Wildman–Crippen MR) is 423 cm³/mol. The molecule has 1 saturated heterocycles. The van der Waals surface area contributed by atoms with Gasteiger partial charge in [0.2, 0.25) is 0 Å². The highest BCUT2D eigenvalue weighted by Crippen LogP contribution is 2.35. The molecule has 100 heavy (non-hydrogen) atoms. The number of rotatable bonds is 9. The van der Waals surface area contributed by atoms with E-state index in [1.165, 1.54) is 101 Å². The van der Waals surface area contributed by atoms with Gasteiger partial charge in [-0.1, -0.05) is 157 Å². The smallest absolute Gasteiger partial charge is 0.253 e. The van der Waals surface area contributed by atoms with Crippen molar-refractivity contribution < 1.29 is 9.59 Å². The number of carbonyl (C=O) groups excluding carboxylic acids is 2. The Morgan fingerprint density at radius 3 is 1.24 bits per heavy atom. The van der Waals surface area contributed by atoms with Crippen molar-refractivity contribution in [2.75, 3.05) is 33.2 Å². The van der Waals surface area contributed by atoms with Crippen LogP contribution in [0.4, 0.5) is 34.1 Å². The van der Waals surface area contributed by atoms with E-state index in [-0.39, 0.29) is 11.7 Å². The number of amides is 1. The molecule has 6 aromatic carbocycles. The van der Waals surface area contributed by atoms with Gasteiger partial charge >= 0.3 is 0 Å². The zero-order chi connectivity index (χ0) is 72.2. The Balaban J connectivity index is 0.000000137. The number of para-hydroxylation sites is 2. The summed E-state index contributed by atoms with van der Waals surface area (Å²) in [6.07, 6.45) is 7.70. The van der Waals surface area contributed by atoms with Crippen LogP contribution in [-0.2, 0) is 45.6 Å². The van der Waals surface area contributed by atoms with Gasteiger partial charge in [0, 0.05) is 129 Å². The minimum Gasteiger partial charge on any atom is -0.336 e. The molecule has 0 aliphatic carbocycles. The first-order valence-corrected chi connectivity index (χ1v) is 36.4. The number of aromatic nitrogens is 3. The first kappa shape index (κ1) is 75.3. The predicted octanol–water partition coefficient (Wildman–Crippen LogP) is 20.4. The van der Waals surface area contributed by atoms with E-state index < -0.39 is 0 Å². The van der Waals surface area contributed by atoms with Crippen LogP contribution >= 0.6 is 0 Å². The summed E-state index contributed by atoms with van der Waals surface area (Å²) in [6, 6.07) is 43.5. The van der Waals surface area contributed by atoms with Crippen molar-refractivity contribution in [1.29, 1.82) is 0 Å². The second-order valence-corrected chi connectivity index (χ2v) is 30.0. The van der Waals surface area contributed by atoms with Crippen LogP contribution < -0.4 is 0 Å². The van der Waals surface area contributed by atoms with Crippen molar-refractivity contribution in [1.82, 2.24) is 24.3 Å². The number of benzene rings is 6. The largest absolute Gasteiger partial charge is 0.336 e. The number of pyridine rings is 1. The van der Waals surface area contributed by atoms with E-state index in [9.17, 15) is 9.59 Å². The third kappa shape index (κ3) is 19.5. The third-order valence-corrected chi connectivity index (χ3v) is 19.3. The molecule has 8 aromatic rings. The van der Waals surface area contributed by atoms with Crippen LogP contribution in [-0.4, -0.2) is 104 Å². The maximum Gasteiger partial charge on any atom is 0.253 e. The second kappa shape index (κ2) is 33.9. The number of aliphatic imine (C=N–C) groups is 6. The van der Waals surface area contributed by atoms with Crippen molar-refractivity contribution in [3.8, 4) is 0 Å². The number of imidazole rings is 1. The highest BCUT2D eigenvalue weighted by molar-refractivity contribution is 6.01. The fourth-order valence-corrected chi connectivity index (χ4v) is 12.7. The zero-order valence-corrected chi connectivity index (χ0v) is 63.6. The maximum atomic E-state index is 12.6. The van der Waals surface area contributed by atoms with Crippen LogP contribution in [0.15, 0.2) is 164 Å². The molecular weight excluding hydrogens is 1230 g/mol. The molecule has 0 saturated carbocycles. The number of piperazine rings is 1. The van der Waals surface area contributed by atoms with Gasteiger partial charge in [0.1, 0.15) is 5.82 Å². The van der Waals surface area contributed by atoms with Crippen molar-refractivity contribution in [3.63, 3.8) is 0 Å². The minimum atomic E-state index is 0.121. The third-order valence-electron chi connectivity index (χ3n) is 19.3. The van der Waals surface area contributed by atoms with Crippen LogP contribution in [0.3, 0.4) is 0 Å². The Hall–Kier alpha value is -8.94. The van der Waals surface area contributed by atoms with Gasteiger partial charge in [0.15, 0.2) is 5.78 Å². The van der Waals surface area contributed by atoms with Gasteiger partial charge in [-0.15, -0.1) is 0 Å². The topological polar surface area (TPSA) is 145 Å². The van der Waals surface area contributed by atoms with Gasteiger partial charge in [-0.05, 0) is 182 Å². The molecule has 2 aromatic heterocycles. The average Bonchev–Trinajstić information content (AvgIpc) is 1.64. The lowest BCUT2D eigenvalue weighted by Gasteiger charge is -2.32. The van der Waals surface area contributed by atoms with Crippen LogP contribution in [0.25, 0.3) is 11.0 Å². The molecule has 0 atom stereocenters. The van der Waals surface area contributed by atoms with E-state index in [1.54, 1.807) is 6.92 Å². The summed E-state index contributed by atoms with van der Waals surface area (Å²) in [6.45, 7) is 42.1. The van der Waals surface area contributed by atoms with E-state index in [0.717, 1.165) is 110 Å². The molecule has 1 fully saturated rings. The van der Waals surface area contributed by atoms with Crippen LogP contribution in [0.1, 0.15) is 187 Å². The lowest BCUT2D eigenvalue weighted by Crippen LogP contribution is -2.47. The zero-order valence-electron chi connectivity index (χ0n) is 63.6. The average molecular weight is 1340 g/mol. The minimum absolute atomic E-state index is 0.121. The van der Waals surface area contributed by atoms with Gasteiger partial charge in [-0.3, -0.25) is 44.5 Å². The molecule has 0 unspecified atom stereocenters. The molecule has 0 radical (unpaired) electrons. The van der Waals surface area contributed by atoms with Crippen molar-refractivity contribution in [2.45, 2.75) is 169 Å². The fraction of sp³-hybridized carbons (Fsp3) is 0.425. The number of nitrogens with zero attached hydrogens (tertiary/aromatic N) is 11. The summed E-state index contributed by atoms with van der Waals surface area (Å²) in [5, 5.41) is 0. The normalized spacial score (nSPS) is 15.0. The molecular formula is C87H109N11O2. The summed E-state index contributed by atoms with van der Waals surface area (Å²) in [7, 11) is 4.17. The van der Waals surface area contributed by atoms with E-state index in [1.807, 2.05) is 71.8 Å². The Morgan fingerprint density at radius 1 is 0.380 bits per heavy atom. The SMILES string of the molecule is CC(=O)c1ccc2c(c1)CC(C(C)C)=N2.CC(C)C1=Nc2ccc(C(=O)N3CCN(C)CC3)cc2C1.CC(C)C1=Nc2cccnc2C1.CC(C)c1nc2ccccc2n1C.Cc1ccc2c(c1)CC(C(C)C)=N2.Cc1ccc2c(c1)CC(C(C)C)=N2.Cc1ccc2c(c1)N=C(C(C)C)C2. The standard InChI is InChI=1S/C17H23N3O.C13H15NO.3C12H15N.C11H14N2.C10H12N2/c1-12(2)16-11-14-10-13(4-5-15(14)18-16)17(21)20-8-6-19(3)7-9-20;1-8(2)13-7-11-6-10(9(3)15)4-5-12(11)14-13;2*1-8(2)12-7-10-6-9(3)4-5-11(10)13-12;1-8(2)11-7-10-5-4-9(3)6-12(10)13-11;1-8(2)11-12-9-6-4-5-7-10(9)13(11)3;1-7(2)9-6-10-8(12-9)4-3-5-11-10/h4-5,10,12H,6-9,11H2,1-3H3;4-6,8H,7H2,1-3H3;3*4-6,8H,7H2,1-3H3;4-8H,1-3H3;3-5,7H,6H2,1-2H3. The maximum absolute atomic E-state index is 12.6. The lowest BCUT2D eigenvalue weighted by molar-refractivity contribution is 0.0664. The van der Waals surface area contributed by atoms with Gasteiger partial charge < -0.3 is 14.4 Å². The number of hydrogen-bond acceptors (Lipinski definition) is 11. The number of fused-ring (bicyclic) bond motifs is 7. The molecule has 15 rings (SSSR count). The monoisotopic (exact) mass is 1340 g/mol. The summed E-state index contributed by atoms with van der Waals surface area (Å²) < 4.78 is 2.17. The Kier molecular flexibility index (Phi) is 25.6. The highest BCUT2D eigenvalue weighted by Gasteiger charge is 2.25. The number of aryl methyl sites for hydroxylation is 4. The number of Topliss-reactive ketones (excluding diaryl/α,β-unsaturated/α-hetero) is 1. The van der Waals surface area contributed by atoms with E-state index in [2.05, 4.69) is 248 Å². The molecule has 13 nitrogen and oxygen atoms in total. The second-order valence-electron chi connectivity index (χ2n) is 30.0. The molecule has 0 spiro atoms. The van der Waals surface area contributed by atoms with E-state index in [4.69, 9.17) is 0 Å². The molecule has 13 heteroatoms. The van der Waals surface area contributed by atoms with Crippen molar-refractivity contribution in [3.05, 3.63) is 201 Å². The molecule has 0 N–H and O–H groups in total.